The number of carbonyl (C=O) groups excluding carboxylic acids is 3. The summed E-state index contributed by atoms with van der Waals surface area (Å²) in [6.07, 6.45) is 2.95. The first-order chi connectivity index (χ1) is 13.0. The Labute approximate surface area is 163 Å². The lowest BCUT2D eigenvalue weighted by Crippen LogP contribution is -2.45. The molecule has 1 aliphatic heterocycles. The van der Waals surface area contributed by atoms with Crippen molar-refractivity contribution in [1.29, 1.82) is 0 Å². The van der Waals surface area contributed by atoms with Gasteiger partial charge in [0.1, 0.15) is 12.1 Å². The van der Waals surface area contributed by atoms with Crippen molar-refractivity contribution in [2.24, 2.45) is 5.14 Å². The van der Waals surface area contributed by atoms with Crippen LogP contribution in [0, 0.1) is 0 Å². The Morgan fingerprint density at radius 2 is 1.82 bits per heavy atom. The van der Waals surface area contributed by atoms with Crippen molar-refractivity contribution in [1.82, 2.24) is 15.1 Å². The standard InChI is InChI=1S/C18H24N4O5S/c1-12(13-5-7-14(8-6-13)28(19,26)27)21(2)15(23)11-22-16(24)18(20-17(22)25)9-3-4-10-18/h5-8,12H,3-4,9-11H2,1-2H3,(H,20,25)(H2,19,26,27)/t12-/m0/s1. The Kier molecular flexibility index (Phi) is 5.20. The molecule has 1 aliphatic carbocycles. The number of amides is 4. The minimum absolute atomic E-state index is 0.0152. The van der Waals surface area contributed by atoms with Gasteiger partial charge in [0, 0.05) is 7.05 Å². The van der Waals surface area contributed by atoms with Crippen molar-refractivity contribution >= 4 is 27.9 Å². The highest BCUT2D eigenvalue weighted by Crippen LogP contribution is 2.35. The number of carbonyl (C=O) groups is 3. The van der Waals surface area contributed by atoms with Gasteiger partial charge in [-0.15, -0.1) is 0 Å². The second kappa shape index (κ2) is 7.17. The summed E-state index contributed by atoms with van der Waals surface area (Å²) in [5, 5.41) is 7.84. The molecule has 3 rings (SSSR count). The number of rotatable bonds is 5. The van der Waals surface area contributed by atoms with E-state index >= 15 is 0 Å². The maximum Gasteiger partial charge on any atom is 0.325 e. The fourth-order valence-electron chi connectivity index (χ4n) is 3.76. The van der Waals surface area contributed by atoms with Gasteiger partial charge in [-0.2, -0.15) is 0 Å². The van der Waals surface area contributed by atoms with Gasteiger partial charge < -0.3 is 10.2 Å². The Morgan fingerprint density at radius 1 is 1.25 bits per heavy atom. The minimum atomic E-state index is -3.79. The van der Waals surface area contributed by atoms with E-state index in [2.05, 4.69) is 5.32 Å². The monoisotopic (exact) mass is 408 g/mol. The lowest BCUT2D eigenvalue weighted by molar-refractivity contribution is -0.139. The SMILES string of the molecule is C[C@@H](c1ccc(S(N)(=O)=O)cc1)N(C)C(=O)CN1C(=O)NC2(CCCC2)C1=O. The van der Waals surface area contributed by atoms with Gasteiger partial charge in [-0.25, -0.2) is 18.4 Å². The number of imide groups is 1. The van der Waals surface area contributed by atoms with Gasteiger partial charge in [0.15, 0.2) is 0 Å². The van der Waals surface area contributed by atoms with Crippen molar-refractivity contribution < 1.29 is 22.8 Å². The van der Waals surface area contributed by atoms with Gasteiger partial charge in [-0.1, -0.05) is 25.0 Å². The summed E-state index contributed by atoms with van der Waals surface area (Å²) >= 11 is 0. The second-order valence-electron chi connectivity index (χ2n) is 7.41. The van der Waals surface area contributed by atoms with Crippen LogP contribution in [0.1, 0.15) is 44.2 Å². The van der Waals surface area contributed by atoms with E-state index in [1.807, 2.05) is 0 Å². The number of primary sulfonamides is 1. The Bertz CT molecular complexity index is 906. The molecule has 3 N–H and O–H groups in total. The number of benzene rings is 1. The predicted octanol–water partition coefficient (Wildman–Crippen LogP) is 0.718. The second-order valence-corrected chi connectivity index (χ2v) is 8.97. The van der Waals surface area contributed by atoms with Crippen molar-refractivity contribution in [3.05, 3.63) is 29.8 Å². The third kappa shape index (κ3) is 3.61. The average molecular weight is 408 g/mol. The molecular weight excluding hydrogens is 384 g/mol. The molecule has 10 heteroatoms. The molecule has 1 atom stereocenters. The molecule has 28 heavy (non-hydrogen) atoms. The van der Waals surface area contributed by atoms with Crippen LogP contribution in [0.5, 0.6) is 0 Å². The molecular formula is C18H24N4O5S. The van der Waals surface area contributed by atoms with Crippen LogP contribution < -0.4 is 10.5 Å². The van der Waals surface area contributed by atoms with E-state index in [9.17, 15) is 22.8 Å². The maximum atomic E-state index is 12.7. The number of nitrogens with zero attached hydrogens (tertiary/aromatic N) is 2. The van der Waals surface area contributed by atoms with E-state index < -0.39 is 21.6 Å². The number of nitrogens with two attached hydrogens (primary N) is 1. The molecule has 1 heterocycles. The van der Waals surface area contributed by atoms with Crippen LogP contribution in [0.15, 0.2) is 29.2 Å². The Morgan fingerprint density at radius 3 is 2.36 bits per heavy atom. The van der Waals surface area contributed by atoms with Crippen LogP contribution in [0.3, 0.4) is 0 Å². The molecule has 2 fully saturated rings. The van der Waals surface area contributed by atoms with E-state index in [4.69, 9.17) is 5.14 Å². The molecule has 0 unspecified atom stereocenters. The molecule has 0 bridgehead atoms. The summed E-state index contributed by atoms with van der Waals surface area (Å²) in [7, 11) is -2.22. The van der Waals surface area contributed by atoms with Gasteiger partial charge in [0.25, 0.3) is 5.91 Å². The summed E-state index contributed by atoms with van der Waals surface area (Å²) in [6, 6.07) is 4.99. The highest BCUT2D eigenvalue weighted by atomic mass is 32.2. The third-order valence-corrected chi connectivity index (χ3v) is 6.59. The molecule has 1 aromatic rings. The van der Waals surface area contributed by atoms with Gasteiger partial charge in [0.2, 0.25) is 15.9 Å². The van der Waals surface area contributed by atoms with Crippen molar-refractivity contribution in [3.63, 3.8) is 0 Å². The van der Waals surface area contributed by atoms with Crippen LogP contribution in [0.25, 0.3) is 0 Å². The fraction of sp³-hybridized carbons (Fsp3) is 0.500. The normalized spacial score (nSPS) is 19.8. The quantitative estimate of drug-likeness (QED) is 0.693. The third-order valence-electron chi connectivity index (χ3n) is 5.66. The predicted molar refractivity (Wildman–Crippen MR) is 100 cm³/mol. The first-order valence-corrected chi connectivity index (χ1v) is 10.6. The molecule has 4 amide bonds. The molecule has 0 radical (unpaired) electrons. The van der Waals surface area contributed by atoms with E-state index in [0.29, 0.717) is 18.4 Å². The number of sulfonamides is 1. The van der Waals surface area contributed by atoms with Gasteiger partial charge in [-0.3, -0.25) is 14.5 Å². The van der Waals surface area contributed by atoms with Crippen molar-refractivity contribution in [2.45, 2.75) is 49.1 Å². The summed E-state index contributed by atoms with van der Waals surface area (Å²) in [6.45, 7) is 1.44. The summed E-state index contributed by atoms with van der Waals surface area (Å²) in [5.41, 5.74) is -0.141. The number of hydrogen-bond acceptors (Lipinski definition) is 5. The van der Waals surface area contributed by atoms with Crippen LogP contribution in [-0.2, 0) is 19.6 Å². The smallest absolute Gasteiger partial charge is 0.325 e. The minimum Gasteiger partial charge on any atom is -0.337 e. The molecule has 1 spiro atoms. The van der Waals surface area contributed by atoms with Crippen LogP contribution in [0.4, 0.5) is 4.79 Å². The molecule has 1 aromatic carbocycles. The highest BCUT2D eigenvalue weighted by Gasteiger charge is 2.52. The lowest BCUT2D eigenvalue weighted by Gasteiger charge is -2.27. The molecule has 9 nitrogen and oxygen atoms in total. The summed E-state index contributed by atoms with van der Waals surface area (Å²) in [4.78, 5) is 40.0. The van der Waals surface area contributed by atoms with Gasteiger partial charge >= 0.3 is 6.03 Å². The average Bonchev–Trinajstić information content (AvgIpc) is 3.20. The highest BCUT2D eigenvalue weighted by molar-refractivity contribution is 7.89. The van der Waals surface area contributed by atoms with Crippen LogP contribution in [0.2, 0.25) is 0 Å². The summed E-state index contributed by atoms with van der Waals surface area (Å²) < 4.78 is 22.7. The topological polar surface area (TPSA) is 130 Å². The zero-order chi connectivity index (χ0) is 20.7. The first kappa shape index (κ1) is 20.3. The van der Waals surface area contributed by atoms with Crippen molar-refractivity contribution in [3.8, 4) is 0 Å². The number of likely N-dealkylation sites (N-methyl/N-ethyl adjacent to an activating group) is 1. The van der Waals surface area contributed by atoms with Crippen LogP contribution in [-0.4, -0.2) is 55.2 Å². The van der Waals surface area contributed by atoms with Gasteiger partial charge in [0.05, 0.1) is 10.9 Å². The largest absolute Gasteiger partial charge is 0.337 e. The fourth-order valence-corrected chi connectivity index (χ4v) is 4.28. The number of hydrogen-bond donors (Lipinski definition) is 2. The number of nitrogens with one attached hydrogen (secondary N) is 1. The van der Waals surface area contributed by atoms with Crippen molar-refractivity contribution in [2.75, 3.05) is 13.6 Å². The molecule has 0 aromatic heterocycles. The number of urea groups is 1. The molecule has 1 saturated heterocycles. The zero-order valence-corrected chi connectivity index (χ0v) is 16.7. The van der Waals surface area contributed by atoms with E-state index in [-0.39, 0.29) is 29.3 Å². The van der Waals surface area contributed by atoms with E-state index in [1.54, 1.807) is 26.1 Å². The van der Waals surface area contributed by atoms with E-state index in [1.165, 1.54) is 17.0 Å². The van der Waals surface area contributed by atoms with Crippen LogP contribution >= 0.6 is 0 Å². The molecule has 1 saturated carbocycles. The zero-order valence-electron chi connectivity index (χ0n) is 15.8. The lowest BCUT2D eigenvalue weighted by atomic mass is 9.98. The van der Waals surface area contributed by atoms with E-state index in [0.717, 1.165) is 17.7 Å². The molecule has 152 valence electrons. The Balaban J connectivity index is 1.69. The molecule has 2 aliphatic rings. The Hall–Kier alpha value is -2.46. The maximum absolute atomic E-state index is 12.7. The van der Waals surface area contributed by atoms with Gasteiger partial charge in [-0.05, 0) is 37.5 Å². The first-order valence-electron chi connectivity index (χ1n) is 9.08. The summed E-state index contributed by atoms with van der Waals surface area (Å²) in [5.74, 6) is -0.719.